The average Bonchev–Trinajstić information content (AvgIpc) is 2.88. The van der Waals surface area contributed by atoms with Gasteiger partial charge in [0.1, 0.15) is 5.82 Å². The summed E-state index contributed by atoms with van der Waals surface area (Å²) >= 11 is 0. The highest BCUT2D eigenvalue weighted by Crippen LogP contribution is 2.30. The zero-order valence-electron chi connectivity index (χ0n) is 21.1. The van der Waals surface area contributed by atoms with E-state index in [-0.39, 0.29) is 29.8 Å². The quantitative estimate of drug-likeness (QED) is 0.609. The maximum Gasteiger partial charge on any atom is 0.335 e. The van der Waals surface area contributed by atoms with Gasteiger partial charge < -0.3 is 20.2 Å². The Morgan fingerprint density at radius 1 is 1.08 bits per heavy atom. The summed E-state index contributed by atoms with van der Waals surface area (Å²) in [5.74, 6) is 0.395. The third-order valence-corrected chi connectivity index (χ3v) is 7.36. The Hall–Kier alpha value is -3.33. The maximum absolute atomic E-state index is 13.1. The Labute approximate surface area is 211 Å². The average molecular weight is 494 g/mol. The number of hydrogen-bond donors (Lipinski definition) is 2. The molecule has 9 nitrogen and oxygen atoms in total. The minimum Gasteiger partial charge on any atom is -0.478 e. The number of piperidine rings is 2. The van der Waals surface area contributed by atoms with E-state index in [0.717, 1.165) is 69.7 Å². The normalized spacial score (nSPS) is 17.7. The van der Waals surface area contributed by atoms with Crippen LogP contribution in [0, 0.1) is 12.8 Å². The number of carboxylic acid groups (broad SMARTS) is 1. The minimum absolute atomic E-state index is 0.169. The van der Waals surface area contributed by atoms with E-state index in [2.05, 4.69) is 20.2 Å². The highest BCUT2D eigenvalue weighted by molar-refractivity contribution is 5.95. The Balaban J connectivity index is 1.34. The summed E-state index contributed by atoms with van der Waals surface area (Å²) < 4.78 is 0. The van der Waals surface area contributed by atoms with Crippen LogP contribution in [-0.4, -0.2) is 75.4 Å². The van der Waals surface area contributed by atoms with Gasteiger partial charge in [0.2, 0.25) is 5.91 Å². The molecule has 1 aromatic carbocycles. The van der Waals surface area contributed by atoms with Gasteiger partial charge in [-0.2, -0.15) is 0 Å². The molecule has 2 amide bonds. The van der Waals surface area contributed by atoms with Crippen LogP contribution in [0.25, 0.3) is 0 Å². The molecule has 0 unspecified atom stereocenters. The summed E-state index contributed by atoms with van der Waals surface area (Å²) in [6.45, 7) is 8.41. The van der Waals surface area contributed by atoms with E-state index in [9.17, 15) is 19.5 Å². The smallest absolute Gasteiger partial charge is 0.335 e. The van der Waals surface area contributed by atoms with E-state index >= 15 is 0 Å². The van der Waals surface area contributed by atoms with Gasteiger partial charge >= 0.3 is 5.97 Å². The molecule has 2 aromatic rings. The van der Waals surface area contributed by atoms with Gasteiger partial charge in [-0.25, -0.2) is 14.8 Å². The second-order valence-corrected chi connectivity index (χ2v) is 9.93. The van der Waals surface area contributed by atoms with Crippen LogP contribution in [0.15, 0.2) is 30.5 Å². The SMILES string of the molecule is CC(=O)N1CCC(CN2CCC(c3nc(C)ncc3C(=O)NCc3cccc(C(=O)O)c3)CC2)CC1. The highest BCUT2D eigenvalue weighted by atomic mass is 16.4. The number of aryl methyl sites for hydroxylation is 1. The maximum atomic E-state index is 13.1. The minimum atomic E-state index is -0.995. The molecule has 9 heteroatoms. The third-order valence-electron chi connectivity index (χ3n) is 7.36. The number of aromatic nitrogens is 2. The van der Waals surface area contributed by atoms with E-state index in [4.69, 9.17) is 0 Å². The van der Waals surface area contributed by atoms with Crippen molar-refractivity contribution < 1.29 is 19.5 Å². The molecule has 0 spiro atoms. The van der Waals surface area contributed by atoms with Crippen LogP contribution in [0.5, 0.6) is 0 Å². The number of rotatable bonds is 7. The molecule has 3 heterocycles. The molecule has 0 aliphatic carbocycles. The molecular formula is C27H35N5O4. The first-order chi connectivity index (χ1) is 17.3. The van der Waals surface area contributed by atoms with E-state index < -0.39 is 5.97 Å². The van der Waals surface area contributed by atoms with Gasteiger partial charge in [-0.15, -0.1) is 0 Å². The van der Waals surface area contributed by atoms with Crippen molar-refractivity contribution in [3.05, 3.63) is 58.7 Å². The summed E-state index contributed by atoms with van der Waals surface area (Å²) in [5, 5.41) is 12.1. The van der Waals surface area contributed by atoms with E-state index in [1.165, 1.54) is 6.07 Å². The number of benzene rings is 1. The van der Waals surface area contributed by atoms with Gasteiger partial charge in [-0.05, 0) is 69.3 Å². The van der Waals surface area contributed by atoms with E-state index in [1.54, 1.807) is 31.3 Å². The number of carbonyl (C=O) groups is 3. The molecule has 2 N–H and O–H groups in total. The molecule has 2 saturated heterocycles. The summed E-state index contributed by atoms with van der Waals surface area (Å²) in [5.41, 5.74) is 2.20. The van der Waals surface area contributed by atoms with Crippen molar-refractivity contribution in [1.29, 1.82) is 0 Å². The van der Waals surface area contributed by atoms with Crippen molar-refractivity contribution in [3.8, 4) is 0 Å². The highest BCUT2D eigenvalue weighted by Gasteiger charge is 2.29. The zero-order valence-corrected chi connectivity index (χ0v) is 21.1. The molecule has 2 fully saturated rings. The lowest BCUT2D eigenvalue weighted by Gasteiger charge is -2.37. The van der Waals surface area contributed by atoms with Gasteiger partial charge in [-0.3, -0.25) is 9.59 Å². The summed E-state index contributed by atoms with van der Waals surface area (Å²) in [6, 6.07) is 6.56. The molecule has 1 aromatic heterocycles. The molecule has 0 radical (unpaired) electrons. The monoisotopic (exact) mass is 493 g/mol. The molecule has 36 heavy (non-hydrogen) atoms. The second kappa shape index (κ2) is 11.6. The Bertz CT molecular complexity index is 1110. The molecule has 4 rings (SSSR count). The second-order valence-electron chi connectivity index (χ2n) is 9.93. The summed E-state index contributed by atoms with van der Waals surface area (Å²) in [6.07, 6.45) is 5.60. The number of likely N-dealkylation sites (tertiary alicyclic amines) is 2. The lowest BCUT2D eigenvalue weighted by atomic mass is 9.89. The number of nitrogens with one attached hydrogen (secondary N) is 1. The lowest BCUT2D eigenvalue weighted by Crippen LogP contribution is -2.42. The van der Waals surface area contributed by atoms with Crippen molar-refractivity contribution in [1.82, 2.24) is 25.1 Å². The van der Waals surface area contributed by atoms with Crippen molar-refractivity contribution in [2.75, 3.05) is 32.7 Å². The largest absolute Gasteiger partial charge is 0.478 e. The van der Waals surface area contributed by atoms with Gasteiger partial charge in [0, 0.05) is 45.2 Å². The van der Waals surface area contributed by atoms with Crippen LogP contribution in [0.2, 0.25) is 0 Å². The first-order valence-electron chi connectivity index (χ1n) is 12.7. The lowest BCUT2D eigenvalue weighted by molar-refractivity contribution is -0.130. The Kier molecular flexibility index (Phi) is 8.30. The molecule has 192 valence electrons. The number of nitrogens with zero attached hydrogens (tertiary/aromatic N) is 4. The van der Waals surface area contributed by atoms with Crippen molar-refractivity contribution in [2.45, 2.75) is 52.0 Å². The van der Waals surface area contributed by atoms with Crippen LogP contribution < -0.4 is 5.32 Å². The van der Waals surface area contributed by atoms with Gasteiger partial charge in [-0.1, -0.05) is 12.1 Å². The summed E-state index contributed by atoms with van der Waals surface area (Å²) in [7, 11) is 0. The number of amides is 2. The van der Waals surface area contributed by atoms with Gasteiger partial charge in [0.25, 0.3) is 5.91 Å². The molecule has 0 saturated carbocycles. The van der Waals surface area contributed by atoms with Crippen LogP contribution in [0.1, 0.15) is 76.3 Å². The predicted octanol–water partition coefficient (Wildman–Crippen LogP) is 2.85. The van der Waals surface area contributed by atoms with Crippen LogP contribution in [0.3, 0.4) is 0 Å². The third kappa shape index (κ3) is 6.46. The van der Waals surface area contributed by atoms with Crippen LogP contribution in [0.4, 0.5) is 0 Å². The van der Waals surface area contributed by atoms with E-state index in [0.29, 0.717) is 17.3 Å². The number of carboxylic acids is 1. The van der Waals surface area contributed by atoms with Crippen molar-refractivity contribution in [2.24, 2.45) is 5.92 Å². The fourth-order valence-corrected chi connectivity index (χ4v) is 5.25. The number of hydrogen-bond acceptors (Lipinski definition) is 6. The first kappa shape index (κ1) is 25.8. The van der Waals surface area contributed by atoms with Gasteiger partial charge in [0.15, 0.2) is 0 Å². The standard InChI is InChI=1S/C27H35N5O4/c1-18-28-16-24(26(34)29-15-21-4-3-5-23(14-21)27(35)36)25(30-18)22-8-10-31(11-9-22)17-20-6-12-32(13-7-20)19(2)33/h3-5,14,16,20,22H,6-13,15,17H2,1-2H3,(H,29,34)(H,35,36). The summed E-state index contributed by atoms with van der Waals surface area (Å²) in [4.78, 5) is 49.2. The zero-order chi connectivity index (χ0) is 25.7. The molecular weight excluding hydrogens is 458 g/mol. The first-order valence-corrected chi connectivity index (χ1v) is 12.7. The Morgan fingerprint density at radius 3 is 2.47 bits per heavy atom. The molecule has 0 atom stereocenters. The Morgan fingerprint density at radius 2 is 1.81 bits per heavy atom. The van der Waals surface area contributed by atoms with Crippen molar-refractivity contribution >= 4 is 17.8 Å². The number of aromatic carboxylic acids is 1. The van der Waals surface area contributed by atoms with Crippen LogP contribution >= 0.6 is 0 Å². The predicted molar refractivity (Wildman–Crippen MR) is 135 cm³/mol. The molecule has 2 aliphatic heterocycles. The fraction of sp³-hybridized carbons (Fsp3) is 0.519. The van der Waals surface area contributed by atoms with Crippen LogP contribution in [-0.2, 0) is 11.3 Å². The fourth-order valence-electron chi connectivity index (χ4n) is 5.25. The number of carbonyl (C=O) groups excluding carboxylic acids is 2. The van der Waals surface area contributed by atoms with Crippen molar-refractivity contribution in [3.63, 3.8) is 0 Å². The van der Waals surface area contributed by atoms with E-state index in [1.807, 2.05) is 11.8 Å². The van der Waals surface area contributed by atoms with Gasteiger partial charge in [0.05, 0.1) is 16.8 Å². The topological polar surface area (TPSA) is 116 Å². The molecule has 2 aliphatic rings. The molecule has 0 bridgehead atoms.